The molecular weight excluding hydrogens is 431 g/mol. The van der Waals surface area contributed by atoms with Gasteiger partial charge in [-0.1, -0.05) is 12.5 Å². The molecule has 0 spiro atoms. The molecule has 1 saturated heterocycles. The van der Waals surface area contributed by atoms with Crippen LogP contribution in [0.15, 0.2) is 60.7 Å². The summed E-state index contributed by atoms with van der Waals surface area (Å²) in [7, 11) is 0. The molecule has 172 valence electrons. The largest absolute Gasteiger partial charge is 0.457 e. The SMILES string of the molecule is NC(=O)c1cccc(-c2ccc(Oc3ccc(C(F)(F)F)cc3CN3CCCCC3)cc2)n1. The molecule has 0 saturated carbocycles. The summed E-state index contributed by atoms with van der Waals surface area (Å²) in [5, 5.41) is 0. The Bertz CT molecular complexity index is 1120. The van der Waals surface area contributed by atoms with Crippen LogP contribution in [0.1, 0.15) is 40.9 Å². The highest BCUT2D eigenvalue weighted by Gasteiger charge is 2.31. The first-order valence-corrected chi connectivity index (χ1v) is 10.8. The van der Waals surface area contributed by atoms with Crippen LogP contribution in [0.25, 0.3) is 11.3 Å². The number of halogens is 3. The van der Waals surface area contributed by atoms with Gasteiger partial charge >= 0.3 is 6.18 Å². The van der Waals surface area contributed by atoms with Crippen LogP contribution in [0.3, 0.4) is 0 Å². The van der Waals surface area contributed by atoms with Gasteiger partial charge in [0.25, 0.3) is 5.91 Å². The van der Waals surface area contributed by atoms with Crippen molar-refractivity contribution < 1.29 is 22.7 Å². The zero-order valence-corrected chi connectivity index (χ0v) is 17.9. The van der Waals surface area contributed by atoms with Crippen LogP contribution >= 0.6 is 0 Å². The van der Waals surface area contributed by atoms with Crippen LogP contribution in [0.5, 0.6) is 11.5 Å². The van der Waals surface area contributed by atoms with Crippen molar-refractivity contribution in [2.24, 2.45) is 5.73 Å². The average Bonchev–Trinajstić information content (AvgIpc) is 2.81. The maximum absolute atomic E-state index is 13.3. The van der Waals surface area contributed by atoms with Crippen LogP contribution < -0.4 is 10.5 Å². The van der Waals surface area contributed by atoms with Gasteiger partial charge in [0, 0.05) is 17.7 Å². The number of alkyl halides is 3. The van der Waals surface area contributed by atoms with Crippen molar-refractivity contribution in [2.45, 2.75) is 32.0 Å². The zero-order valence-electron chi connectivity index (χ0n) is 17.9. The lowest BCUT2D eigenvalue weighted by atomic mass is 10.1. The number of carbonyl (C=O) groups is 1. The van der Waals surface area contributed by atoms with E-state index in [1.54, 1.807) is 36.4 Å². The molecule has 1 aliphatic heterocycles. The maximum atomic E-state index is 13.3. The number of nitrogens with zero attached hydrogens (tertiary/aromatic N) is 2. The van der Waals surface area contributed by atoms with E-state index in [2.05, 4.69) is 9.88 Å². The molecule has 4 rings (SSSR count). The Balaban J connectivity index is 1.57. The molecule has 2 N–H and O–H groups in total. The summed E-state index contributed by atoms with van der Waals surface area (Å²) in [6, 6.07) is 15.6. The predicted molar refractivity (Wildman–Crippen MR) is 119 cm³/mol. The fourth-order valence-corrected chi connectivity index (χ4v) is 3.89. The summed E-state index contributed by atoms with van der Waals surface area (Å²) < 4.78 is 45.9. The van der Waals surface area contributed by atoms with E-state index < -0.39 is 17.6 Å². The van der Waals surface area contributed by atoms with Gasteiger partial charge in [-0.2, -0.15) is 13.2 Å². The highest BCUT2D eigenvalue weighted by molar-refractivity contribution is 5.91. The highest BCUT2D eigenvalue weighted by atomic mass is 19.4. The molecule has 1 amide bonds. The number of nitrogens with two attached hydrogens (primary N) is 1. The molecule has 1 aliphatic rings. The maximum Gasteiger partial charge on any atom is 0.416 e. The lowest BCUT2D eigenvalue weighted by Gasteiger charge is -2.27. The van der Waals surface area contributed by atoms with Crippen LogP contribution in [0, 0.1) is 0 Å². The Hall–Kier alpha value is -3.39. The quantitative estimate of drug-likeness (QED) is 0.522. The number of amides is 1. The topological polar surface area (TPSA) is 68.5 Å². The standard InChI is InChI=1S/C25H24F3N3O2/c26-25(27,28)19-9-12-23(18(15-19)16-31-13-2-1-3-14-31)33-20-10-7-17(8-11-20)21-5-4-6-22(30-21)24(29)32/h4-12,15H,1-3,13-14,16H2,(H2,29,32). The summed E-state index contributed by atoms with van der Waals surface area (Å²) in [5.74, 6) is 0.278. The number of piperidine rings is 1. The second-order valence-corrected chi connectivity index (χ2v) is 8.06. The van der Waals surface area contributed by atoms with Gasteiger partial charge in [-0.25, -0.2) is 4.98 Å². The molecule has 33 heavy (non-hydrogen) atoms. The van der Waals surface area contributed by atoms with Crippen molar-refractivity contribution in [3.63, 3.8) is 0 Å². The third kappa shape index (κ3) is 5.70. The molecule has 0 bridgehead atoms. The van der Waals surface area contributed by atoms with Crippen molar-refractivity contribution in [3.8, 4) is 22.8 Å². The van der Waals surface area contributed by atoms with Crippen LogP contribution in [-0.4, -0.2) is 28.9 Å². The number of benzene rings is 2. The van der Waals surface area contributed by atoms with Crippen molar-refractivity contribution in [3.05, 3.63) is 77.5 Å². The number of ether oxygens (including phenoxy) is 1. The van der Waals surface area contributed by atoms with E-state index in [9.17, 15) is 18.0 Å². The van der Waals surface area contributed by atoms with Crippen LogP contribution in [0.4, 0.5) is 13.2 Å². The van der Waals surface area contributed by atoms with Crippen LogP contribution in [-0.2, 0) is 12.7 Å². The van der Waals surface area contributed by atoms with E-state index in [0.29, 0.717) is 29.3 Å². The van der Waals surface area contributed by atoms with E-state index in [0.717, 1.165) is 44.0 Å². The van der Waals surface area contributed by atoms with Gasteiger partial charge in [0.05, 0.1) is 11.3 Å². The zero-order chi connectivity index (χ0) is 23.4. The molecule has 1 fully saturated rings. The molecule has 0 aliphatic carbocycles. The van der Waals surface area contributed by atoms with E-state index in [1.807, 2.05) is 0 Å². The highest BCUT2D eigenvalue weighted by Crippen LogP contribution is 2.35. The second kappa shape index (κ2) is 9.62. The van der Waals surface area contributed by atoms with Gasteiger partial charge in [0.15, 0.2) is 0 Å². The Morgan fingerprint density at radius 1 is 1.00 bits per heavy atom. The van der Waals surface area contributed by atoms with Crippen molar-refractivity contribution in [1.29, 1.82) is 0 Å². The summed E-state index contributed by atoms with van der Waals surface area (Å²) in [5.41, 5.74) is 6.62. The Morgan fingerprint density at radius 2 is 1.73 bits per heavy atom. The number of hydrogen-bond donors (Lipinski definition) is 1. The van der Waals surface area contributed by atoms with Gasteiger partial charge in [0.1, 0.15) is 17.2 Å². The average molecular weight is 455 g/mol. The fourth-order valence-electron chi connectivity index (χ4n) is 3.89. The Labute approximate surface area is 190 Å². The number of pyridine rings is 1. The number of aromatic nitrogens is 1. The lowest BCUT2D eigenvalue weighted by Crippen LogP contribution is -2.29. The molecule has 1 aromatic heterocycles. The minimum atomic E-state index is -4.41. The molecule has 5 nitrogen and oxygen atoms in total. The number of rotatable bonds is 6. The number of hydrogen-bond acceptors (Lipinski definition) is 4. The Kier molecular flexibility index (Phi) is 6.65. The molecule has 0 radical (unpaired) electrons. The van der Waals surface area contributed by atoms with Gasteiger partial charge < -0.3 is 10.5 Å². The molecule has 2 heterocycles. The normalized spacial score (nSPS) is 14.8. The van der Waals surface area contributed by atoms with Gasteiger partial charge in [-0.3, -0.25) is 9.69 Å². The third-order valence-electron chi connectivity index (χ3n) is 5.61. The van der Waals surface area contributed by atoms with Gasteiger partial charge in [0.2, 0.25) is 0 Å². The first-order chi connectivity index (χ1) is 15.8. The van der Waals surface area contributed by atoms with E-state index >= 15 is 0 Å². The first-order valence-electron chi connectivity index (χ1n) is 10.8. The molecule has 3 aromatic rings. The molecule has 8 heteroatoms. The first kappa shape index (κ1) is 22.8. The van der Waals surface area contributed by atoms with Crippen molar-refractivity contribution in [2.75, 3.05) is 13.1 Å². The van der Waals surface area contributed by atoms with E-state index in [-0.39, 0.29) is 5.69 Å². The fraction of sp³-hybridized carbons (Fsp3) is 0.280. The predicted octanol–water partition coefficient (Wildman–Crippen LogP) is 5.64. The van der Waals surface area contributed by atoms with Gasteiger partial charge in [-0.15, -0.1) is 0 Å². The lowest BCUT2D eigenvalue weighted by molar-refractivity contribution is -0.137. The molecule has 0 atom stereocenters. The molecular formula is C25H24F3N3O2. The van der Waals surface area contributed by atoms with Crippen molar-refractivity contribution in [1.82, 2.24) is 9.88 Å². The third-order valence-corrected chi connectivity index (χ3v) is 5.61. The minimum absolute atomic E-state index is 0.167. The van der Waals surface area contributed by atoms with Gasteiger partial charge in [-0.05, 0) is 80.5 Å². The van der Waals surface area contributed by atoms with Crippen LogP contribution in [0.2, 0.25) is 0 Å². The minimum Gasteiger partial charge on any atom is -0.457 e. The number of likely N-dealkylation sites (tertiary alicyclic amines) is 1. The number of carbonyl (C=O) groups excluding carboxylic acids is 1. The smallest absolute Gasteiger partial charge is 0.416 e. The van der Waals surface area contributed by atoms with E-state index in [1.165, 1.54) is 18.2 Å². The van der Waals surface area contributed by atoms with Crippen molar-refractivity contribution >= 4 is 5.91 Å². The second-order valence-electron chi connectivity index (χ2n) is 8.06. The summed E-state index contributed by atoms with van der Waals surface area (Å²) in [4.78, 5) is 17.8. The summed E-state index contributed by atoms with van der Waals surface area (Å²) >= 11 is 0. The molecule has 2 aromatic carbocycles. The van der Waals surface area contributed by atoms with E-state index in [4.69, 9.17) is 10.5 Å². The number of primary amides is 1. The monoisotopic (exact) mass is 455 g/mol. The molecule has 0 unspecified atom stereocenters. The Morgan fingerprint density at radius 3 is 2.39 bits per heavy atom. The summed E-state index contributed by atoms with van der Waals surface area (Å²) in [6.45, 7) is 2.13. The summed E-state index contributed by atoms with van der Waals surface area (Å²) in [6.07, 6.45) is -1.18.